The summed E-state index contributed by atoms with van der Waals surface area (Å²) in [5.74, 6) is -0.117. The maximum absolute atomic E-state index is 13.3. The minimum Gasteiger partial charge on any atom is -0.355 e. The SMILES string of the molecule is Cc1nc2scc(CC(=O)NCCc3ccccc3)n2c(=O)c1-c1cc(C)n(C)n1. The lowest BCUT2D eigenvalue weighted by Crippen LogP contribution is -2.29. The molecule has 1 aromatic carbocycles. The standard InChI is InChI=1S/C22H23N5O2S/c1-14-11-18(25-26(14)3)20-15(2)24-22-27(21(20)29)17(13-30-22)12-19(28)23-10-9-16-7-5-4-6-8-16/h4-8,11,13H,9-10,12H2,1-3H3,(H,23,28). The van der Waals surface area contributed by atoms with Crippen molar-refractivity contribution in [2.75, 3.05) is 6.54 Å². The number of fused-ring (bicyclic) bond motifs is 1. The summed E-state index contributed by atoms with van der Waals surface area (Å²) in [6, 6.07) is 11.9. The van der Waals surface area contributed by atoms with Crippen LogP contribution in [-0.2, 0) is 24.7 Å². The fraction of sp³-hybridized carbons (Fsp3) is 0.273. The number of aryl methyl sites for hydroxylation is 3. The Kier molecular flexibility index (Phi) is 5.50. The molecule has 0 saturated carbocycles. The van der Waals surface area contributed by atoms with Crippen LogP contribution in [0.1, 0.15) is 22.6 Å². The van der Waals surface area contributed by atoms with Crippen molar-refractivity contribution in [3.8, 4) is 11.3 Å². The molecule has 4 rings (SSSR count). The number of aromatic nitrogens is 4. The molecule has 0 radical (unpaired) electrons. The van der Waals surface area contributed by atoms with Gasteiger partial charge in [-0.1, -0.05) is 30.3 Å². The van der Waals surface area contributed by atoms with Gasteiger partial charge >= 0.3 is 0 Å². The summed E-state index contributed by atoms with van der Waals surface area (Å²) < 4.78 is 3.27. The summed E-state index contributed by atoms with van der Waals surface area (Å²) in [5, 5.41) is 9.20. The smallest absolute Gasteiger partial charge is 0.268 e. The topological polar surface area (TPSA) is 81.3 Å². The molecule has 0 aliphatic carbocycles. The third-order valence-electron chi connectivity index (χ3n) is 5.11. The van der Waals surface area contributed by atoms with Gasteiger partial charge < -0.3 is 5.32 Å². The lowest BCUT2D eigenvalue weighted by atomic mass is 10.1. The van der Waals surface area contributed by atoms with Crippen molar-refractivity contribution in [3.05, 3.63) is 74.8 Å². The van der Waals surface area contributed by atoms with Crippen molar-refractivity contribution in [2.24, 2.45) is 7.05 Å². The summed E-state index contributed by atoms with van der Waals surface area (Å²) in [5.41, 5.74) is 4.28. The maximum Gasteiger partial charge on any atom is 0.268 e. The number of hydrogen-bond acceptors (Lipinski definition) is 5. The first-order valence-electron chi connectivity index (χ1n) is 9.75. The Bertz CT molecular complexity index is 1250. The lowest BCUT2D eigenvalue weighted by Gasteiger charge is -2.07. The minimum atomic E-state index is -0.191. The molecule has 0 atom stereocenters. The molecule has 7 nitrogen and oxygen atoms in total. The molecule has 0 bridgehead atoms. The number of hydrogen-bond donors (Lipinski definition) is 1. The minimum absolute atomic E-state index is 0.117. The fourth-order valence-corrected chi connectivity index (χ4v) is 4.35. The highest BCUT2D eigenvalue weighted by Gasteiger charge is 2.19. The van der Waals surface area contributed by atoms with Crippen LogP contribution in [0.5, 0.6) is 0 Å². The summed E-state index contributed by atoms with van der Waals surface area (Å²) in [4.78, 5) is 30.9. The molecule has 0 unspecified atom stereocenters. The normalized spacial score (nSPS) is 11.2. The Labute approximate surface area is 178 Å². The zero-order valence-electron chi connectivity index (χ0n) is 17.2. The third kappa shape index (κ3) is 3.91. The summed E-state index contributed by atoms with van der Waals surface area (Å²) in [7, 11) is 1.84. The molecular formula is C22H23N5O2S. The van der Waals surface area contributed by atoms with Crippen molar-refractivity contribution in [2.45, 2.75) is 26.7 Å². The van der Waals surface area contributed by atoms with Gasteiger partial charge in [0, 0.05) is 30.4 Å². The van der Waals surface area contributed by atoms with Crippen molar-refractivity contribution < 1.29 is 4.79 Å². The van der Waals surface area contributed by atoms with Crippen LogP contribution in [0.4, 0.5) is 0 Å². The number of carbonyl (C=O) groups is 1. The molecule has 0 saturated heterocycles. The van der Waals surface area contributed by atoms with E-state index in [1.807, 2.05) is 62.7 Å². The van der Waals surface area contributed by atoms with E-state index in [2.05, 4.69) is 15.4 Å². The van der Waals surface area contributed by atoms with Crippen LogP contribution in [0.2, 0.25) is 0 Å². The van der Waals surface area contributed by atoms with E-state index in [4.69, 9.17) is 0 Å². The number of nitrogens with zero attached hydrogens (tertiary/aromatic N) is 4. The highest BCUT2D eigenvalue weighted by molar-refractivity contribution is 7.15. The van der Waals surface area contributed by atoms with Gasteiger partial charge in [-0.3, -0.25) is 18.7 Å². The van der Waals surface area contributed by atoms with E-state index < -0.39 is 0 Å². The number of nitrogens with one attached hydrogen (secondary N) is 1. The molecule has 3 heterocycles. The fourth-order valence-electron chi connectivity index (χ4n) is 3.42. The molecule has 1 N–H and O–H groups in total. The monoisotopic (exact) mass is 421 g/mol. The van der Waals surface area contributed by atoms with Crippen molar-refractivity contribution in [3.63, 3.8) is 0 Å². The molecule has 0 spiro atoms. The van der Waals surface area contributed by atoms with E-state index in [1.165, 1.54) is 21.3 Å². The molecular weight excluding hydrogens is 398 g/mol. The summed E-state index contributed by atoms with van der Waals surface area (Å²) in [6.07, 6.45) is 0.890. The molecule has 3 aromatic heterocycles. The third-order valence-corrected chi connectivity index (χ3v) is 5.99. The Morgan fingerprint density at radius 1 is 1.20 bits per heavy atom. The van der Waals surface area contributed by atoms with Crippen LogP contribution in [-0.4, -0.2) is 31.6 Å². The van der Waals surface area contributed by atoms with Gasteiger partial charge in [0.15, 0.2) is 4.96 Å². The van der Waals surface area contributed by atoms with E-state index in [0.717, 1.165) is 12.1 Å². The Morgan fingerprint density at radius 3 is 2.67 bits per heavy atom. The number of rotatable bonds is 6. The average Bonchev–Trinajstić information content (AvgIpc) is 3.25. The first-order chi connectivity index (χ1) is 14.4. The van der Waals surface area contributed by atoms with Gasteiger partial charge in [-0.05, 0) is 31.9 Å². The quantitative estimate of drug-likeness (QED) is 0.519. The van der Waals surface area contributed by atoms with Crippen LogP contribution < -0.4 is 10.9 Å². The van der Waals surface area contributed by atoms with Crippen LogP contribution in [0.3, 0.4) is 0 Å². The molecule has 0 aliphatic rings. The van der Waals surface area contributed by atoms with Gasteiger partial charge in [-0.15, -0.1) is 11.3 Å². The second-order valence-corrected chi connectivity index (χ2v) is 8.12. The lowest BCUT2D eigenvalue weighted by molar-refractivity contribution is -0.120. The van der Waals surface area contributed by atoms with Crippen LogP contribution in [0, 0.1) is 13.8 Å². The molecule has 0 fully saturated rings. The number of benzene rings is 1. The highest BCUT2D eigenvalue weighted by Crippen LogP contribution is 2.21. The van der Waals surface area contributed by atoms with Crippen molar-refractivity contribution >= 4 is 22.2 Å². The molecule has 0 aliphatic heterocycles. The second-order valence-electron chi connectivity index (χ2n) is 7.28. The van der Waals surface area contributed by atoms with E-state index in [-0.39, 0.29) is 17.9 Å². The van der Waals surface area contributed by atoms with E-state index in [1.54, 1.807) is 4.68 Å². The highest BCUT2D eigenvalue weighted by atomic mass is 32.1. The molecule has 30 heavy (non-hydrogen) atoms. The first-order valence-corrected chi connectivity index (χ1v) is 10.6. The van der Waals surface area contributed by atoms with Gasteiger partial charge in [0.2, 0.25) is 5.91 Å². The predicted molar refractivity (Wildman–Crippen MR) is 118 cm³/mol. The zero-order valence-corrected chi connectivity index (χ0v) is 18.0. The average molecular weight is 422 g/mol. The van der Waals surface area contributed by atoms with E-state index in [9.17, 15) is 9.59 Å². The van der Waals surface area contributed by atoms with Gasteiger partial charge in [0.05, 0.1) is 23.4 Å². The Balaban J connectivity index is 1.57. The number of thiazole rings is 1. The molecule has 154 valence electrons. The number of amides is 1. The zero-order chi connectivity index (χ0) is 21.3. The maximum atomic E-state index is 13.3. The predicted octanol–water partition coefficient (Wildman–Crippen LogP) is 2.67. The Morgan fingerprint density at radius 2 is 1.97 bits per heavy atom. The van der Waals surface area contributed by atoms with Gasteiger partial charge in [0.1, 0.15) is 0 Å². The van der Waals surface area contributed by atoms with Crippen LogP contribution in [0.15, 0.2) is 46.6 Å². The van der Waals surface area contributed by atoms with Gasteiger partial charge in [-0.2, -0.15) is 5.10 Å². The van der Waals surface area contributed by atoms with Crippen molar-refractivity contribution in [1.29, 1.82) is 0 Å². The summed E-state index contributed by atoms with van der Waals surface area (Å²) in [6.45, 7) is 4.30. The molecule has 1 amide bonds. The first kappa shape index (κ1) is 20.0. The van der Waals surface area contributed by atoms with Gasteiger partial charge in [-0.25, -0.2) is 4.98 Å². The van der Waals surface area contributed by atoms with Crippen LogP contribution in [0.25, 0.3) is 16.2 Å². The van der Waals surface area contributed by atoms with Crippen LogP contribution >= 0.6 is 11.3 Å². The Hall–Kier alpha value is -3.26. The summed E-state index contributed by atoms with van der Waals surface area (Å²) >= 11 is 1.36. The van der Waals surface area contributed by atoms with Crippen molar-refractivity contribution in [1.82, 2.24) is 24.5 Å². The largest absolute Gasteiger partial charge is 0.355 e. The van der Waals surface area contributed by atoms with E-state index in [0.29, 0.717) is 34.2 Å². The van der Waals surface area contributed by atoms with Gasteiger partial charge in [0.25, 0.3) is 5.56 Å². The number of carbonyl (C=O) groups excluding carboxylic acids is 1. The molecule has 8 heteroatoms. The van der Waals surface area contributed by atoms with E-state index >= 15 is 0 Å². The second kappa shape index (κ2) is 8.23. The molecule has 4 aromatic rings.